The summed E-state index contributed by atoms with van der Waals surface area (Å²) >= 11 is 0. The second-order valence-electron chi connectivity index (χ2n) is 5.90. The first-order valence-corrected chi connectivity index (χ1v) is 7.77. The van der Waals surface area contributed by atoms with E-state index in [9.17, 15) is 4.79 Å². The number of carbonyl (C=O) groups is 1. The van der Waals surface area contributed by atoms with Crippen molar-refractivity contribution in [3.8, 4) is 0 Å². The minimum absolute atomic E-state index is 0.0345. The monoisotopic (exact) mass is 298 g/mol. The molecule has 0 spiro atoms. The Morgan fingerprint density at radius 1 is 1.36 bits per heavy atom. The van der Waals surface area contributed by atoms with Crippen molar-refractivity contribution in [2.75, 3.05) is 11.9 Å². The Labute approximate surface area is 131 Å². The predicted molar refractivity (Wildman–Crippen MR) is 86.4 cm³/mol. The molecule has 0 unspecified atom stereocenters. The highest BCUT2D eigenvalue weighted by atomic mass is 16.1. The minimum Gasteiger partial charge on any atom is -0.336 e. The molecular weight excluding hydrogens is 276 g/mol. The number of benzene rings is 1. The van der Waals surface area contributed by atoms with Gasteiger partial charge in [-0.25, -0.2) is 4.98 Å². The fourth-order valence-corrected chi connectivity index (χ4v) is 3.08. The van der Waals surface area contributed by atoms with Crippen LogP contribution in [0.5, 0.6) is 0 Å². The lowest BCUT2D eigenvalue weighted by atomic mass is 10.1. The van der Waals surface area contributed by atoms with Crippen molar-refractivity contribution < 1.29 is 4.79 Å². The summed E-state index contributed by atoms with van der Waals surface area (Å²) in [4.78, 5) is 17.7. The van der Waals surface area contributed by atoms with Gasteiger partial charge in [0.25, 0.3) is 0 Å². The van der Waals surface area contributed by atoms with Crippen LogP contribution in [0.25, 0.3) is 0 Å². The fraction of sp³-hybridized carbons (Fsp3) is 0.412. The molecule has 1 aliphatic rings. The Balaban J connectivity index is 1.60. The lowest BCUT2D eigenvalue weighted by Gasteiger charge is -2.25. The number of anilines is 1. The van der Waals surface area contributed by atoms with Crippen molar-refractivity contribution in [2.24, 2.45) is 0 Å². The number of carbonyl (C=O) groups excluding carboxylic acids is 1. The summed E-state index contributed by atoms with van der Waals surface area (Å²) in [6.07, 6.45) is 8.24. The van der Waals surface area contributed by atoms with E-state index >= 15 is 0 Å². The largest absolute Gasteiger partial charge is 0.336 e. The summed E-state index contributed by atoms with van der Waals surface area (Å²) in [5, 5.41) is 2.80. The van der Waals surface area contributed by atoms with Crippen LogP contribution in [0.4, 0.5) is 5.69 Å². The Bertz CT molecular complexity index is 606. The van der Waals surface area contributed by atoms with Crippen LogP contribution in [0.2, 0.25) is 0 Å². The molecule has 5 heteroatoms. The Morgan fingerprint density at radius 3 is 2.86 bits per heavy atom. The molecule has 1 fully saturated rings. The van der Waals surface area contributed by atoms with E-state index in [0.717, 1.165) is 25.3 Å². The molecule has 0 aliphatic carbocycles. The van der Waals surface area contributed by atoms with Crippen LogP contribution in [0, 0.1) is 0 Å². The van der Waals surface area contributed by atoms with Gasteiger partial charge in [0.1, 0.15) is 0 Å². The molecule has 1 aliphatic heterocycles. The Kier molecular flexibility index (Phi) is 4.53. The summed E-state index contributed by atoms with van der Waals surface area (Å²) < 4.78 is 2.16. The zero-order chi connectivity index (χ0) is 15.4. The average molecular weight is 298 g/mol. The van der Waals surface area contributed by atoms with Crippen molar-refractivity contribution in [1.82, 2.24) is 14.5 Å². The Hall–Kier alpha value is -2.14. The van der Waals surface area contributed by atoms with Gasteiger partial charge in [0.2, 0.25) is 5.91 Å². The molecule has 1 aromatic heterocycles. The fourth-order valence-electron chi connectivity index (χ4n) is 3.08. The van der Waals surface area contributed by atoms with Crippen LogP contribution in [-0.4, -0.2) is 32.9 Å². The summed E-state index contributed by atoms with van der Waals surface area (Å²) in [5.41, 5.74) is 2.14. The molecule has 1 atom stereocenters. The van der Waals surface area contributed by atoms with E-state index in [1.165, 1.54) is 25.3 Å². The first kappa shape index (κ1) is 14.8. The van der Waals surface area contributed by atoms with E-state index in [-0.39, 0.29) is 5.91 Å². The molecule has 1 amide bonds. The number of hydrogen-bond donors (Lipinski definition) is 1. The van der Waals surface area contributed by atoms with Crippen molar-refractivity contribution in [1.29, 1.82) is 0 Å². The number of nitrogens with one attached hydrogen (secondary N) is 1. The number of amides is 1. The van der Waals surface area contributed by atoms with Crippen LogP contribution in [0.15, 0.2) is 43.0 Å². The number of nitrogens with zero attached hydrogens (tertiary/aromatic N) is 3. The summed E-state index contributed by atoms with van der Waals surface area (Å²) in [5.74, 6) is -0.0345. The summed E-state index contributed by atoms with van der Waals surface area (Å²) in [6.45, 7) is 4.63. The lowest BCUT2D eigenvalue weighted by molar-refractivity contribution is -0.114. The molecule has 1 aromatic carbocycles. The van der Waals surface area contributed by atoms with Gasteiger partial charge in [0, 0.05) is 44.1 Å². The number of likely N-dealkylation sites (tertiary alicyclic amines) is 1. The first-order valence-electron chi connectivity index (χ1n) is 7.77. The standard InChI is InChI=1S/C17H22N4O/c1-14(22)19-16-6-4-15(5-7-16)11-21-9-2-3-17(21)12-20-10-8-18-13-20/h4-8,10,13,17H,2-3,9,11-12H2,1H3,(H,19,22)/t17-/m1/s1. The highest BCUT2D eigenvalue weighted by molar-refractivity contribution is 5.88. The highest BCUT2D eigenvalue weighted by Crippen LogP contribution is 2.22. The predicted octanol–water partition coefficient (Wildman–Crippen LogP) is 2.51. The topological polar surface area (TPSA) is 50.2 Å². The molecule has 1 saturated heterocycles. The third-order valence-corrected chi connectivity index (χ3v) is 4.14. The van der Waals surface area contributed by atoms with Crippen LogP contribution in [0.1, 0.15) is 25.3 Å². The third kappa shape index (κ3) is 3.74. The van der Waals surface area contributed by atoms with Crippen molar-refractivity contribution in [2.45, 2.75) is 38.9 Å². The molecule has 0 radical (unpaired) electrons. The van der Waals surface area contributed by atoms with Gasteiger partial charge in [-0.05, 0) is 37.1 Å². The van der Waals surface area contributed by atoms with Gasteiger partial charge >= 0.3 is 0 Å². The van der Waals surface area contributed by atoms with Crippen molar-refractivity contribution >= 4 is 11.6 Å². The molecule has 1 N–H and O–H groups in total. The quantitative estimate of drug-likeness (QED) is 0.922. The van der Waals surface area contributed by atoms with Crippen molar-refractivity contribution in [3.63, 3.8) is 0 Å². The molecule has 3 rings (SSSR count). The normalized spacial score (nSPS) is 18.5. The van der Waals surface area contributed by atoms with Crippen molar-refractivity contribution in [3.05, 3.63) is 48.5 Å². The number of aromatic nitrogens is 2. The van der Waals surface area contributed by atoms with Crippen LogP contribution in [-0.2, 0) is 17.9 Å². The summed E-state index contributed by atoms with van der Waals surface area (Å²) in [6, 6.07) is 8.70. The maximum Gasteiger partial charge on any atom is 0.221 e. The van der Waals surface area contributed by atoms with E-state index in [2.05, 4.69) is 31.9 Å². The highest BCUT2D eigenvalue weighted by Gasteiger charge is 2.24. The van der Waals surface area contributed by atoms with Gasteiger partial charge in [0.15, 0.2) is 0 Å². The van der Waals surface area contributed by atoms with Crippen LogP contribution in [0.3, 0.4) is 0 Å². The Morgan fingerprint density at radius 2 is 2.18 bits per heavy atom. The molecule has 2 aromatic rings. The van der Waals surface area contributed by atoms with Gasteiger partial charge in [-0.1, -0.05) is 12.1 Å². The summed E-state index contributed by atoms with van der Waals surface area (Å²) in [7, 11) is 0. The molecule has 5 nitrogen and oxygen atoms in total. The van der Waals surface area contributed by atoms with Gasteiger partial charge < -0.3 is 9.88 Å². The van der Waals surface area contributed by atoms with E-state index in [0.29, 0.717) is 6.04 Å². The molecule has 2 heterocycles. The SMILES string of the molecule is CC(=O)Nc1ccc(CN2CCC[C@@H]2Cn2ccnc2)cc1. The number of rotatable bonds is 5. The molecular formula is C17H22N4O. The minimum atomic E-state index is -0.0345. The van der Waals surface area contributed by atoms with Gasteiger partial charge in [-0.2, -0.15) is 0 Å². The van der Waals surface area contributed by atoms with Gasteiger partial charge in [-0.3, -0.25) is 9.69 Å². The van der Waals surface area contributed by atoms with E-state index in [1.807, 2.05) is 30.9 Å². The molecule has 22 heavy (non-hydrogen) atoms. The smallest absolute Gasteiger partial charge is 0.221 e. The van der Waals surface area contributed by atoms with E-state index in [1.54, 1.807) is 0 Å². The van der Waals surface area contributed by atoms with E-state index < -0.39 is 0 Å². The first-order chi connectivity index (χ1) is 10.7. The molecule has 0 saturated carbocycles. The van der Waals surface area contributed by atoms with Gasteiger partial charge in [0.05, 0.1) is 6.33 Å². The van der Waals surface area contributed by atoms with Crippen LogP contribution < -0.4 is 5.32 Å². The maximum atomic E-state index is 11.0. The van der Waals surface area contributed by atoms with E-state index in [4.69, 9.17) is 0 Å². The second kappa shape index (κ2) is 6.75. The number of imidazole rings is 1. The third-order valence-electron chi connectivity index (χ3n) is 4.14. The zero-order valence-electron chi connectivity index (χ0n) is 12.9. The second-order valence-corrected chi connectivity index (χ2v) is 5.90. The maximum absolute atomic E-state index is 11.0. The molecule has 0 bridgehead atoms. The molecule has 116 valence electrons. The lowest BCUT2D eigenvalue weighted by Crippen LogP contribution is -2.32. The zero-order valence-corrected chi connectivity index (χ0v) is 12.9. The van der Waals surface area contributed by atoms with Gasteiger partial charge in [-0.15, -0.1) is 0 Å². The number of hydrogen-bond acceptors (Lipinski definition) is 3. The average Bonchev–Trinajstić information content (AvgIpc) is 3.14. The van der Waals surface area contributed by atoms with Crippen LogP contribution >= 0.6 is 0 Å².